The van der Waals surface area contributed by atoms with Crippen LogP contribution in [-0.4, -0.2) is 17.8 Å². The lowest BCUT2D eigenvalue weighted by Crippen LogP contribution is -2.24. The Hall–Kier alpha value is -0.860. The van der Waals surface area contributed by atoms with Gasteiger partial charge < -0.3 is 9.84 Å². The predicted molar refractivity (Wildman–Crippen MR) is 45.8 cm³/mol. The Balaban J connectivity index is 2.31. The molecule has 64 valence electrons. The van der Waals surface area contributed by atoms with Gasteiger partial charge in [0.25, 0.3) is 0 Å². The minimum absolute atomic E-state index is 0.402. The summed E-state index contributed by atoms with van der Waals surface area (Å²) in [5.41, 5.74) is 0.668. The summed E-state index contributed by atoms with van der Waals surface area (Å²) in [6.45, 7) is 2.40. The van der Waals surface area contributed by atoms with Crippen LogP contribution in [0.15, 0.2) is 30.3 Å². The fourth-order valence-electron chi connectivity index (χ4n) is 1.45. The second-order valence-electron chi connectivity index (χ2n) is 3.22. The van der Waals surface area contributed by atoms with E-state index in [2.05, 4.69) is 0 Å². The van der Waals surface area contributed by atoms with Crippen molar-refractivity contribution in [3.8, 4) is 0 Å². The average Bonchev–Trinajstić information content (AvgIpc) is 2.86. The molecule has 2 atom stereocenters. The van der Waals surface area contributed by atoms with E-state index in [0.29, 0.717) is 6.61 Å². The summed E-state index contributed by atoms with van der Waals surface area (Å²) in [5, 5.41) is 9.47. The molecule has 1 heterocycles. The van der Waals surface area contributed by atoms with Gasteiger partial charge in [-0.3, -0.25) is 0 Å². The topological polar surface area (TPSA) is 32.8 Å². The number of aliphatic hydroxyl groups is 1. The third-order valence-corrected chi connectivity index (χ3v) is 2.39. The van der Waals surface area contributed by atoms with Crippen molar-refractivity contribution >= 4 is 0 Å². The Labute approximate surface area is 71.8 Å². The summed E-state index contributed by atoms with van der Waals surface area (Å²) in [4.78, 5) is 0. The van der Waals surface area contributed by atoms with Gasteiger partial charge in [0.1, 0.15) is 5.60 Å². The van der Waals surface area contributed by atoms with Crippen LogP contribution >= 0.6 is 0 Å². The van der Waals surface area contributed by atoms with E-state index in [1.165, 1.54) is 0 Å². The maximum Gasteiger partial charge on any atom is 0.142 e. The van der Waals surface area contributed by atoms with Crippen molar-refractivity contribution in [2.24, 2.45) is 0 Å². The molecule has 0 saturated carbocycles. The fourth-order valence-corrected chi connectivity index (χ4v) is 1.45. The van der Waals surface area contributed by atoms with Gasteiger partial charge in [0.2, 0.25) is 0 Å². The minimum atomic E-state index is -0.431. The molecule has 2 nitrogen and oxygen atoms in total. The second-order valence-corrected chi connectivity index (χ2v) is 3.22. The Morgan fingerprint density at radius 2 is 2.00 bits per heavy atom. The molecule has 0 spiro atoms. The van der Waals surface area contributed by atoms with Gasteiger partial charge in [-0.25, -0.2) is 0 Å². The van der Waals surface area contributed by atoms with E-state index in [0.717, 1.165) is 5.56 Å². The zero-order valence-electron chi connectivity index (χ0n) is 7.03. The van der Waals surface area contributed by atoms with Crippen molar-refractivity contribution in [1.29, 1.82) is 0 Å². The molecule has 0 aliphatic carbocycles. The summed E-state index contributed by atoms with van der Waals surface area (Å²) in [6.07, 6.45) is -0.431. The van der Waals surface area contributed by atoms with E-state index in [1.807, 2.05) is 30.3 Å². The lowest BCUT2D eigenvalue weighted by atomic mass is 9.95. The monoisotopic (exact) mass is 164 g/mol. The van der Waals surface area contributed by atoms with E-state index >= 15 is 0 Å². The van der Waals surface area contributed by atoms with Gasteiger partial charge in [-0.15, -0.1) is 0 Å². The van der Waals surface area contributed by atoms with Gasteiger partial charge >= 0.3 is 0 Å². The number of epoxide rings is 1. The molecule has 1 N–H and O–H groups in total. The summed E-state index contributed by atoms with van der Waals surface area (Å²) >= 11 is 0. The molecule has 1 fully saturated rings. The van der Waals surface area contributed by atoms with Crippen LogP contribution in [0.5, 0.6) is 0 Å². The van der Waals surface area contributed by atoms with Crippen LogP contribution in [-0.2, 0) is 10.3 Å². The first-order valence-corrected chi connectivity index (χ1v) is 4.13. The largest absolute Gasteiger partial charge is 0.390 e. The zero-order chi connectivity index (χ0) is 8.60. The maximum atomic E-state index is 9.47. The van der Waals surface area contributed by atoms with Gasteiger partial charge in [-0.05, 0) is 12.5 Å². The molecule has 2 unspecified atom stereocenters. The molecule has 1 aliphatic rings. The molecule has 1 saturated heterocycles. The SMILES string of the molecule is CC(O)C1(c2ccccc2)CO1. The predicted octanol–water partition coefficient (Wildman–Crippen LogP) is 1.29. The minimum Gasteiger partial charge on any atom is -0.390 e. The average molecular weight is 164 g/mol. The van der Waals surface area contributed by atoms with Crippen LogP contribution in [0.4, 0.5) is 0 Å². The summed E-state index contributed by atoms with van der Waals surface area (Å²) in [6, 6.07) is 9.85. The van der Waals surface area contributed by atoms with Crippen LogP contribution in [0.3, 0.4) is 0 Å². The molecule has 2 rings (SSSR count). The molecule has 1 aromatic rings. The van der Waals surface area contributed by atoms with Gasteiger partial charge in [0, 0.05) is 0 Å². The first-order chi connectivity index (χ1) is 5.76. The number of ether oxygens (including phenoxy) is 1. The van der Waals surface area contributed by atoms with Crippen LogP contribution in [0.25, 0.3) is 0 Å². The smallest absolute Gasteiger partial charge is 0.142 e. The van der Waals surface area contributed by atoms with Crippen molar-refractivity contribution in [3.63, 3.8) is 0 Å². The van der Waals surface area contributed by atoms with Crippen LogP contribution < -0.4 is 0 Å². The van der Waals surface area contributed by atoms with Crippen LogP contribution in [0.2, 0.25) is 0 Å². The Morgan fingerprint density at radius 1 is 1.42 bits per heavy atom. The number of hydrogen-bond donors (Lipinski definition) is 1. The van der Waals surface area contributed by atoms with E-state index < -0.39 is 11.7 Å². The highest BCUT2D eigenvalue weighted by Gasteiger charge is 2.50. The number of hydrogen-bond acceptors (Lipinski definition) is 2. The first kappa shape index (κ1) is 7.77. The molecule has 1 aliphatic heterocycles. The zero-order valence-corrected chi connectivity index (χ0v) is 7.03. The lowest BCUT2D eigenvalue weighted by Gasteiger charge is -2.14. The highest BCUT2D eigenvalue weighted by molar-refractivity contribution is 5.27. The van der Waals surface area contributed by atoms with Gasteiger partial charge in [-0.1, -0.05) is 30.3 Å². The molecule has 0 amide bonds. The van der Waals surface area contributed by atoms with Gasteiger partial charge in [0.15, 0.2) is 0 Å². The normalized spacial score (nSPS) is 29.8. The molecule has 1 aromatic carbocycles. The first-order valence-electron chi connectivity index (χ1n) is 4.13. The quantitative estimate of drug-likeness (QED) is 0.668. The Morgan fingerprint density at radius 3 is 2.42 bits per heavy atom. The molecule has 0 bridgehead atoms. The van der Waals surface area contributed by atoms with Crippen molar-refractivity contribution in [1.82, 2.24) is 0 Å². The molecule has 2 heteroatoms. The van der Waals surface area contributed by atoms with Crippen molar-refractivity contribution in [3.05, 3.63) is 35.9 Å². The Bertz CT molecular complexity index is 262. The molecular weight excluding hydrogens is 152 g/mol. The highest BCUT2D eigenvalue weighted by atomic mass is 16.6. The summed E-state index contributed by atoms with van der Waals surface area (Å²) in [5.74, 6) is 0. The number of rotatable bonds is 2. The van der Waals surface area contributed by atoms with Crippen LogP contribution in [0.1, 0.15) is 12.5 Å². The van der Waals surface area contributed by atoms with E-state index in [9.17, 15) is 5.11 Å². The molecular formula is C10H12O2. The van der Waals surface area contributed by atoms with Crippen LogP contribution in [0, 0.1) is 0 Å². The Kier molecular flexibility index (Phi) is 1.67. The highest BCUT2D eigenvalue weighted by Crippen LogP contribution is 2.41. The third-order valence-electron chi connectivity index (χ3n) is 2.39. The second kappa shape index (κ2) is 2.57. The van der Waals surface area contributed by atoms with E-state index in [-0.39, 0.29) is 0 Å². The van der Waals surface area contributed by atoms with Crippen molar-refractivity contribution in [2.45, 2.75) is 18.6 Å². The fraction of sp³-hybridized carbons (Fsp3) is 0.400. The van der Waals surface area contributed by atoms with Gasteiger partial charge in [0.05, 0.1) is 12.7 Å². The van der Waals surface area contributed by atoms with E-state index in [1.54, 1.807) is 6.92 Å². The summed E-state index contributed by atoms with van der Waals surface area (Å²) < 4.78 is 5.29. The number of aliphatic hydroxyl groups excluding tert-OH is 1. The molecule has 12 heavy (non-hydrogen) atoms. The number of benzene rings is 1. The molecule has 0 aromatic heterocycles. The molecule has 0 radical (unpaired) electrons. The maximum absolute atomic E-state index is 9.47. The van der Waals surface area contributed by atoms with Crippen molar-refractivity contribution < 1.29 is 9.84 Å². The van der Waals surface area contributed by atoms with Crippen molar-refractivity contribution in [2.75, 3.05) is 6.61 Å². The van der Waals surface area contributed by atoms with Gasteiger partial charge in [-0.2, -0.15) is 0 Å². The summed E-state index contributed by atoms with van der Waals surface area (Å²) in [7, 11) is 0. The lowest BCUT2D eigenvalue weighted by molar-refractivity contribution is 0.0887. The standard InChI is InChI=1S/C10H12O2/c1-8(11)10(7-12-10)9-5-3-2-4-6-9/h2-6,8,11H,7H2,1H3. The van der Waals surface area contributed by atoms with E-state index in [4.69, 9.17) is 4.74 Å². The third kappa shape index (κ3) is 1.04.